The van der Waals surface area contributed by atoms with Crippen LogP contribution in [0.1, 0.15) is 2.85 Å². The van der Waals surface area contributed by atoms with Gasteiger partial charge in [-0.3, -0.25) is 0 Å². The largest absolute Gasteiger partial charge is 2.00 e. The molecule has 1 radical (unpaired) electrons. The van der Waals surface area contributed by atoms with E-state index in [2.05, 4.69) is 0 Å². The van der Waals surface area contributed by atoms with Crippen molar-refractivity contribution in [2.24, 2.45) is 0 Å². The van der Waals surface area contributed by atoms with Gasteiger partial charge in [0, 0.05) is 0 Å². The summed E-state index contributed by atoms with van der Waals surface area (Å²) < 4.78 is 16.8. The van der Waals surface area contributed by atoms with E-state index >= 15 is 0 Å². The summed E-state index contributed by atoms with van der Waals surface area (Å²) in [7, 11) is -1.42. The molecule has 0 aliphatic carbocycles. The summed E-state index contributed by atoms with van der Waals surface area (Å²) >= 11 is 0. The smallest absolute Gasteiger partial charge is 1.00 e. The number of hydrogen-bond donors (Lipinski definition) is 0. The Hall–Kier alpha value is 1.91. The second-order valence-corrected chi connectivity index (χ2v) is 0.250. The zero-order valence-electron chi connectivity index (χ0n) is 5.02. The van der Waals surface area contributed by atoms with E-state index < -0.39 is 8.34 Å². The van der Waals surface area contributed by atoms with Crippen LogP contribution in [0.4, 0.5) is 0 Å². The Morgan fingerprint density at radius 3 is 1.40 bits per heavy atom. The van der Waals surface area contributed by atoms with Crippen LogP contribution < -0.4 is 0 Å². The summed E-state index contributed by atoms with van der Waals surface area (Å²) in [5.74, 6) is 0. The SMILES string of the molecule is O=[PH]=O.[AlH2].[H-].[H-].[Sr+2]. The van der Waals surface area contributed by atoms with Gasteiger partial charge in [-0.25, -0.2) is 9.13 Å². The minimum atomic E-state index is -1.42. The monoisotopic (exact) mass is 183 g/mol. The maximum absolute atomic E-state index is 8.40. The average molecular weight is 183 g/mol. The maximum atomic E-state index is 8.40. The molecule has 2 nitrogen and oxygen atoms in total. The molecule has 0 aromatic rings. The van der Waals surface area contributed by atoms with Crippen LogP contribution in [-0.2, 0) is 9.13 Å². The molecule has 0 heterocycles. The van der Waals surface area contributed by atoms with Crippen molar-refractivity contribution in [1.29, 1.82) is 0 Å². The molecule has 0 unspecified atom stereocenters. The molecule has 0 aliphatic rings. The van der Waals surface area contributed by atoms with Crippen molar-refractivity contribution in [3.63, 3.8) is 0 Å². The molecule has 0 aromatic carbocycles. The third-order valence-corrected chi connectivity index (χ3v) is 0. The molecule has 0 spiro atoms. The van der Waals surface area contributed by atoms with Crippen LogP contribution in [0.15, 0.2) is 0 Å². The molecule has 5 heteroatoms. The molecule has 5 heavy (non-hydrogen) atoms. The molecule has 0 atom stereocenters. The first-order chi connectivity index (χ1) is 1.41. The Labute approximate surface area is 81.9 Å². The van der Waals surface area contributed by atoms with E-state index in [-0.39, 0.29) is 65.7 Å². The fourth-order valence-corrected chi connectivity index (χ4v) is 0. The second-order valence-electron chi connectivity index (χ2n) is 0.0833. The van der Waals surface area contributed by atoms with Gasteiger partial charge in [0.15, 0.2) is 0 Å². The predicted octanol–water partition coefficient (Wildman–Crippen LogP) is -0.716. The van der Waals surface area contributed by atoms with Crippen LogP contribution >= 0.6 is 8.34 Å². The molecular weight excluding hydrogens is 178 g/mol. The van der Waals surface area contributed by atoms with Gasteiger partial charge in [-0.05, 0) is 0 Å². The topological polar surface area (TPSA) is 34.1 Å². The van der Waals surface area contributed by atoms with Gasteiger partial charge < -0.3 is 2.85 Å². The molecule has 0 saturated heterocycles. The van der Waals surface area contributed by atoms with E-state index in [9.17, 15) is 0 Å². The predicted molar refractivity (Wildman–Crippen MR) is 26.2 cm³/mol. The van der Waals surface area contributed by atoms with E-state index in [1.165, 1.54) is 0 Å². The van der Waals surface area contributed by atoms with Crippen molar-refractivity contribution in [2.45, 2.75) is 0 Å². The zero-order chi connectivity index (χ0) is 2.71. The van der Waals surface area contributed by atoms with Crippen molar-refractivity contribution in [2.75, 3.05) is 0 Å². The third-order valence-electron chi connectivity index (χ3n) is 0. The van der Waals surface area contributed by atoms with Crippen LogP contribution in [0, 0.1) is 0 Å². The summed E-state index contributed by atoms with van der Waals surface area (Å²) in [5.41, 5.74) is 0. The van der Waals surface area contributed by atoms with Gasteiger partial charge in [0.2, 0.25) is 0 Å². The van der Waals surface area contributed by atoms with Gasteiger partial charge in [0.1, 0.15) is 17.4 Å². The van der Waals surface area contributed by atoms with Crippen LogP contribution in [-0.4, -0.2) is 62.8 Å². The zero-order valence-corrected chi connectivity index (χ0v) is 9.50. The molecule has 0 saturated carbocycles. The molecule has 27 valence electrons. The van der Waals surface area contributed by atoms with Crippen molar-refractivity contribution in [1.82, 2.24) is 0 Å². The molecule has 0 amide bonds. The molecule has 0 rings (SSSR count). The van der Waals surface area contributed by atoms with Crippen LogP contribution in [0.5, 0.6) is 0 Å². The first-order valence-corrected chi connectivity index (χ1v) is 1.22. The van der Waals surface area contributed by atoms with Crippen LogP contribution in [0.2, 0.25) is 0 Å². The van der Waals surface area contributed by atoms with E-state index in [0.29, 0.717) is 0 Å². The van der Waals surface area contributed by atoms with Crippen molar-refractivity contribution < 1.29 is 12.0 Å². The standard InChI is InChI=1S/Al.HO2P.Sr.4H/c;1-3-2;;;;;/h;3H;;;;;/q;;+2;;;2*-1. The first-order valence-electron chi connectivity index (χ1n) is 0.408. The quantitative estimate of drug-likeness (QED) is 0.366. The Morgan fingerprint density at radius 1 is 1.40 bits per heavy atom. The average Bonchev–Trinajstić information content (AvgIpc) is 0.918. The van der Waals surface area contributed by atoms with Gasteiger partial charge in [0.05, 0.1) is 0 Å². The first kappa shape index (κ1) is 15.8. The van der Waals surface area contributed by atoms with Gasteiger partial charge in [-0.15, -0.1) is 0 Å². The number of hydrogen-bond acceptors (Lipinski definition) is 2. The van der Waals surface area contributed by atoms with Crippen molar-refractivity contribution in [3.05, 3.63) is 0 Å². The van der Waals surface area contributed by atoms with E-state index in [0.717, 1.165) is 0 Å². The summed E-state index contributed by atoms with van der Waals surface area (Å²) in [5, 5.41) is 0. The Balaban J connectivity index is -0.00000000333. The van der Waals surface area contributed by atoms with Gasteiger partial charge in [-0.2, -0.15) is 0 Å². The van der Waals surface area contributed by atoms with Gasteiger partial charge in [0.25, 0.3) is 0 Å². The fourth-order valence-electron chi connectivity index (χ4n) is 0. The van der Waals surface area contributed by atoms with Crippen LogP contribution in [0.25, 0.3) is 0 Å². The molecule has 0 fully saturated rings. The summed E-state index contributed by atoms with van der Waals surface area (Å²) in [6, 6.07) is 0. The second kappa shape index (κ2) is 16.8. The molecule has 0 bridgehead atoms. The maximum Gasteiger partial charge on any atom is 2.00 e. The Morgan fingerprint density at radius 2 is 1.40 bits per heavy atom. The molecule has 0 N–H and O–H groups in total. The van der Waals surface area contributed by atoms with Gasteiger partial charge in [-0.1, -0.05) is 0 Å². The van der Waals surface area contributed by atoms with E-state index in [1.807, 2.05) is 0 Å². The summed E-state index contributed by atoms with van der Waals surface area (Å²) in [6.07, 6.45) is 0. The summed E-state index contributed by atoms with van der Waals surface area (Å²) in [6.45, 7) is 0. The van der Waals surface area contributed by atoms with Crippen LogP contribution in [0.3, 0.4) is 0 Å². The molecule has 0 aromatic heterocycles. The fraction of sp³-hybridized carbons (Fsp3) is 0. The number of rotatable bonds is 0. The normalized spacial score (nSPS) is 2.40. The Bertz CT molecular complexity index is 36.7. The Kier molecular flexibility index (Phi) is 53.1. The molecule has 0 aliphatic heterocycles. The minimum absolute atomic E-state index is 0. The van der Waals surface area contributed by atoms with Crippen molar-refractivity contribution >= 4 is 71.2 Å². The van der Waals surface area contributed by atoms with E-state index in [1.54, 1.807) is 0 Å². The molecular formula is H5AlO2PSr. The van der Waals surface area contributed by atoms with Crippen molar-refractivity contribution in [3.8, 4) is 0 Å². The minimum Gasteiger partial charge on any atom is -1.00 e. The van der Waals surface area contributed by atoms with Gasteiger partial charge >= 0.3 is 53.8 Å². The van der Waals surface area contributed by atoms with E-state index in [4.69, 9.17) is 9.13 Å². The third kappa shape index (κ3) is 24.7. The summed E-state index contributed by atoms with van der Waals surface area (Å²) in [4.78, 5) is 0.